The number of unbranched alkanes of at least 4 members (excludes halogenated alkanes) is 4. The molecule has 1 aliphatic carbocycles. The molecule has 0 saturated heterocycles. The van der Waals surface area contributed by atoms with Crippen molar-refractivity contribution in [1.29, 1.82) is 0 Å². The van der Waals surface area contributed by atoms with E-state index in [1.807, 2.05) is 0 Å². The summed E-state index contributed by atoms with van der Waals surface area (Å²) in [5.74, 6) is 0. The fraction of sp³-hybridized carbons (Fsp3) is 0.692. The van der Waals surface area contributed by atoms with Crippen molar-refractivity contribution in [2.45, 2.75) is 51.6 Å². The van der Waals surface area contributed by atoms with E-state index >= 15 is 0 Å². The average molecular weight is 194 g/mol. The SMILES string of the molecule is CCCCCCCOC1C=CCC=C1. The Morgan fingerprint density at radius 1 is 1.07 bits per heavy atom. The smallest absolute Gasteiger partial charge is 0.0937 e. The lowest BCUT2D eigenvalue weighted by atomic mass is 10.1. The van der Waals surface area contributed by atoms with Gasteiger partial charge in [0.15, 0.2) is 0 Å². The molecule has 0 saturated carbocycles. The molecule has 0 aromatic carbocycles. The molecule has 0 heterocycles. The highest BCUT2D eigenvalue weighted by atomic mass is 16.5. The summed E-state index contributed by atoms with van der Waals surface area (Å²) >= 11 is 0. The molecule has 0 fully saturated rings. The summed E-state index contributed by atoms with van der Waals surface area (Å²) in [6.45, 7) is 3.15. The van der Waals surface area contributed by atoms with Gasteiger partial charge in [-0.3, -0.25) is 0 Å². The molecule has 0 amide bonds. The molecular formula is C13H22O. The normalized spacial score (nSPS) is 16.4. The van der Waals surface area contributed by atoms with Crippen molar-refractivity contribution in [3.63, 3.8) is 0 Å². The largest absolute Gasteiger partial charge is 0.370 e. The first-order chi connectivity index (χ1) is 6.93. The van der Waals surface area contributed by atoms with Crippen molar-refractivity contribution in [3.8, 4) is 0 Å². The number of hydrogen-bond donors (Lipinski definition) is 0. The molecule has 80 valence electrons. The molecular weight excluding hydrogens is 172 g/mol. The predicted molar refractivity (Wildman–Crippen MR) is 61.4 cm³/mol. The molecule has 0 unspecified atom stereocenters. The Labute approximate surface area is 87.8 Å². The van der Waals surface area contributed by atoms with Crippen LogP contribution in [0.15, 0.2) is 24.3 Å². The van der Waals surface area contributed by atoms with Crippen LogP contribution in [0, 0.1) is 0 Å². The van der Waals surface area contributed by atoms with Crippen molar-refractivity contribution in [2.24, 2.45) is 0 Å². The molecule has 1 nitrogen and oxygen atoms in total. The van der Waals surface area contributed by atoms with Crippen LogP contribution in [0.4, 0.5) is 0 Å². The molecule has 1 rings (SSSR count). The fourth-order valence-electron chi connectivity index (χ4n) is 1.60. The lowest BCUT2D eigenvalue weighted by Crippen LogP contribution is -2.09. The first-order valence-corrected chi connectivity index (χ1v) is 5.88. The first-order valence-electron chi connectivity index (χ1n) is 5.88. The zero-order valence-electron chi connectivity index (χ0n) is 9.24. The van der Waals surface area contributed by atoms with E-state index in [-0.39, 0.29) is 6.10 Å². The molecule has 0 aliphatic heterocycles. The van der Waals surface area contributed by atoms with Crippen LogP contribution in [0.25, 0.3) is 0 Å². The maximum absolute atomic E-state index is 5.69. The van der Waals surface area contributed by atoms with Gasteiger partial charge in [0.25, 0.3) is 0 Å². The Morgan fingerprint density at radius 3 is 2.50 bits per heavy atom. The Morgan fingerprint density at radius 2 is 1.79 bits per heavy atom. The second-order valence-electron chi connectivity index (χ2n) is 3.84. The maximum Gasteiger partial charge on any atom is 0.0937 e. The van der Waals surface area contributed by atoms with Gasteiger partial charge in [-0.2, -0.15) is 0 Å². The maximum atomic E-state index is 5.69. The van der Waals surface area contributed by atoms with Gasteiger partial charge in [0.1, 0.15) is 0 Å². The van der Waals surface area contributed by atoms with Crippen LogP contribution in [0.5, 0.6) is 0 Å². The van der Waals surface area contributed by atoms with E-state index < -0.39 is 0 Å². The highest BCUT2D eigenvalue weighted by Gasteiger charge is 2.01. The van der Waals surface area contributed by atoms with E-state index in [1.165, 1.54) is 32.1 Å². The number of allylic oxidation sites excluding steroid dienone is 2. The summed E-state index contributed by atoms with van der Waals surface area (Å²) in [4.78, 5) is 0. The van der Waals surface area contributed by atoms with Gasteiger partial charge < -0.3 is 4.74 Å². The minimum atomic E-state index is 0.245. The van der Waals surface area contributed by atoms with Crippen molar-refractivity contribution in [3.05, 3.63) is 24.3 Å². The topological polar surface area (TPSA) is 9.23 Å². The molecule has 0 aromatic rings. The van der Waals surface area contributed by atoms with Crippen LogP contribution in [-0.4, -0.2) is 12.7 Å². The lowest BCUT2D eigenvalue weighted by molar-refractivity contribution is 0.110. The molecule has 0 atom stereocenters. The molecule has 0 radical (unpaired) electrons. The van der Waals surface area contributed by atoms with E-state index in [0.717, 1.165) is 13.0 Å². The molecule has 1 aliphatic rings. The molecule has 0 N–H and O–H groups in total. The van der Waals surface area contributed by atoms with Crippen LogP contribution in [0.3, 0.4) is 0 Å². The Bertz CT molecular complexity index is 170. The molecule has 0 bridgehead atoms. The minimum absolute atomic E-state index is 0.245. The van der Waals surface area contributed by atoms with E-state index in [2.05, 4.69) is 31.2 Å². The average Bonchev–Trinajstić information content (AvgIpc) is 2.25. The van der Waals surface area contributed by atoms with Gasteiger partial charge in [0.2, 0.25) is 0 Å². The van der Waals surface area contributed by atoms with Gasteiger partial charge in [-0.1, -0.05) is 56.9 Å². The summed E-state index contributed by atoms with van der Waals surface area (Å²) in [5, 5.41) is 0. The van der Waals surface area contributed by atoms with Crippen molar-refractivity contribution in [2.75, 3.05) is 6.61 Å². The Kier molecular flexibility index (Phi) is 6.42. The lowest BCUT2D eigenvalue weighted by Gasteiger charge is -2.12. The number of ether oxygens (including phenoxy) is 1. The van der Waals surface area contributed by atoms with Crippen LogP contribution in [0.1, 0.15) is 45.4 Å². The van der Waals surface area contributed by atoms with E-state index in [1.54, 1.807) is 0 Å². The summed E-state index contributed by atoms with van der Waals surface area (Å²) in [6, 6.07) is 0. The van der Waals surface area contributed by atoms with Crippen LogP contribution < -0.4 is 0 Å². The van der Waals surface area contributed by atoms with Crippen molar-refractivity contribution < 1.29 is 4.74 Å². The van der Waals surface area contributed by atoms with Crippen molar-refractivity contribution >= 4 is 0 Å². The first kappa shape index (κ1) is 11.5. The van der Waals surface area contributed by atoms with Gasteiger partial charge >= 0.3 is 0 Å². The zero-order valence-corrected chi connectivity index (χ0v) is 9.24. The second-order valence-corrected chi connectivity index (χ2v) is 3.84. The second kappa shape index (κ2) is 7.81. The molecule has 14 heavy (non-hydrogen) atoms. The summed E-state index contributed by atoms with van der Waals surface area (Å²) < 4.78 is 5.69. The predicted octanol–water partition coefficient (Wildman–Crippen LogP) is 3.86. The zero-order chi connectivity index (χ0) is 10.1. The van der Waals surface area contributed by atoms with E-state index in [9.17, 15) is 0 Å². The van der Waals surface area contributed by atoms with Crippen LogP contribution >= 0.6 is 0 Å². The third-order valence-electron chi connectivity index (χ3n) is 2.48. The van der Waals surface area contributed by atoms with Gasteiger partial charge in [-0.25, -0.2) is 0 Å². The highest BCUT2D eigenvalue weighted by Crippen LogP contribution is 2.08. The summed E-state index contributed by atoms with van der Waals surface area (Å²) in [6.07, 6.45) is 16.5. The molecule has 0 aromatic heterocycles. The molecule has 0 spiro atoms. The Balaban J connectivity index is 1.90. The monoisotopic (exact) mass is 194 g/mol. The van der Waals surface area contributed by atoms with Gasteiger partial charge in [0.05, 0.1) is 6.10 Å². The highest BCUT2D eigenvalue weighted by molar-refractivity contribution is 5.10. The number of rotatable bonds is 7. The summed E-state index contributed by atoms with van der Waals surface area (Å²) in [5.41, 5.74) is 0. The third-order valence-corrected chi connectivity index (χ3v) is 2.48. The van der Waals surface area contributed by atoms with Crippen LogP contribution in [0.2, 0.25) is 0 Å². The van der Waals surface area contributed by atoms with Gasteiger partial charge in [0, 0.05) is 6.61 Å². The molecule has 1 heteroatoms. The number of hydrogen-bond acceptors (Lipinski definition) is 1. The quantitative estimate of drug-likeness (QED) is 0.442. The van der Waals surface area contributed by atoms with Gasteiger partial charge in [-0.05, 0) is 12.8 Å². The fourth-order valence-corrected chi connectivity index (χ4v) is 1.60. The summed E-state index contributed by atoms with van der Waals surface area (Å²) in [7, 11) is 0. The van der Waals surface area contributed by atoms with E-state index in [4.69, 9.17) is 4.74 Å². The van der Waals surface area contributed by atoms with E-state index in [0.29, 0.717) is 0 Å². The minimum Gasteiger partial charge on any atom is -0.370 e. The third kappa shape index (κ3) is 5.23. The van der Waals surface area contributed by atoms with Crippen LogP contribution in [-0.2, 0) is 4.74 Å². The standard InChI is InChI=1S/C13H22O/c1-2-3-4-5-9-12-14-13-10-7-6-8-11-13/h7-8,10-11,13H,2-6,9,12H2,1H3. The van der Waals surface area contributed by atoms with Gasteiger partial charge in [-0.15, -0.1) is 0 Å². The van der Waals surface area contributed by atoms with Crippen molar-refractivity contribution in [1.82, 2.24) is 0 Å². The Hall–Kier alpha value is -0.560.